The van der Waals surface area contributed by atoms with Crippen LogP contribution in [0.2, 0.25) is 0 Å². The van der Waals surface area contributed by atoms with Gasteiger partial charge in [0.1, 0.15) is 0 Å². The zero-order valence-corrected chi connectivity index (χ0v) is 15.2. The Morgan fingerprint density at radius 3 is 2.20 bits per heavy atom. The largest absolute Gasteiger partial charge is 0.349 e. The third-order valence-corrected chi connectivity index (χ3v) is 4.17. The SMILES string of the molecule is CCc1ccc(CN(C)C(=O)CC(C)NC(=O)c2ccccc2)cc1. The van der Waals surface area contributed by atoms with Crippen LogP contribution in [0, 0.1) is 0 Å². The molecular formula is C21H26N2O2. The van der Waals surface area contributed by atoms with E-state index in [2.05, 4.69) is 36.5 Å². The first-order chi connectivity index (χ1) is 12.0. The summed E-state index contributed by atoms with van der Waals surface area (Å²) in [6, 6.07) is 17.1. The van der Waals surface area contributed by atoms with Gasteiger partial charge in [0, 0.05) is 31.6 Å². The molecule has 2 aromatic carbocycles. The number of amides is 2. The monoisotopic (exact) mass is 338 g/mol. The van der Waals surface area contributed by atoms with E-state index >= 15 is 0 Å². The summed E-state index contributed by atoms with van der Waals surface area (Å²) >= 11 is 0. The summed E-state index contributed by atoms with van der Waals surface area (Å²) in [4.78, 5) is 26.2. The number of carbonyl (C=O) groups is 2. The Morgan fingerprint density at radius 1 is 1.00 bits per heavy atom. The molecule has 0 aromatic heterocycles. The van der Waals surface area contributed by atoms with Crippen LogP contribution in [0.3, 0.4) is 0 Å². The van der Waals surface area contributed by atoms with E-state index in [0.29, 0.717) is 12.1 Å². The van der Waals surface area contributed by atoms with E-state index in [-0.39, 0.29) is 24.3 Å². The van der Waals surface area contributed by atoms with Crippen LogP contribution in [-0.2, 0) is 17.8 Å². The van der Waals surface area contributed by atoms with Crippen molar-refractivity contribution in [3.05, 3.63) is 71.3 Å². The van der Waals surface area contributed by atoms with E-state index in [9.17, 15) is 9.59 Å². The van der Waals surface area contributed by atoms with Crippen molar-refractivity contribution in [1.29, 1.82) is 0 Å². The Labute approximate surface area is 149 Å². The minimum absolute atomic E-state index is 0.0143. The second-order valence-corrected chi connectivity index (χ2v) is 6.36. The molecule has 132 valence electrons. The second kappa shape index (κ2) is 9.02. The highest BCUT2D eigenvalue weighted by Crippen LogP contribution is 2.09. The predicted molar refractivity (Wildman–Crippen MR) is 100 cm³/mol. The molecule has 4 nitrogen and oxygen atoms in total. The van der Waals surface area contributed by atoms with Gasteiger partial charge in [0.25, 0.3) is 5.91 Å². The Hall–Kier alpha value is -2.62. The number of aryl methyl sites for hydroxylation is 1. The first-order valence-corrected chi connectivity index (χ1v) is 8.67. The summed E-state index contributed by atoms with van der Waals surface area (Å²) in [7, 11) is 1.79. The lowest BCUT2D eigenvalue weighted by Crippen LogP contribution is -2.37. The molecule has 0 saturated heterocycles. The summed E-state index contributed by atoms with van der Waals surface area (Å²) in [6.07, 6.45) is 1.29. The molecule has 0 heterocycles. The van der Waals surface area contributed by atoms with Gasteiger partial charge in [0.05, 0.1) is 0 Å². The zero-order chi connectivity index (χ0) is 18.2. The summed E-state index contributed by atoms with van der Waals surface area (Å²) in [5.74, 6) is -0.140. The Morgan fingerprint density at radius 2 is 1.60 bits per heavy atom. The Bertz CT molecular complexity index is 696. The Balaban J connectivity index is 1.84. The van der Waals surface area contributed by atoms with Crippen molar-refractivity contribution < 1.29 is 9.59 Å². The minimum Gasteiger partial charge on any atom is -0.349 e. The van der Waals surface area contributed by atoms with Gasteiger partial charge in [-0.05, 0) is 36.6 Å². The van der Waals surface area contributed by atoms with E-state index in [1.54, 1.807) is 24.1 Å². The molecule has 1 N–H and O–H groups in total. The third kappa shape index (κ3) is 5.75. The average Bonchev–Trinajstić information content (AvgIpc) is 2.62. The maximum atomic E-state index is 12.4. The number of benzene rings is 2. The van der Waals surface area contributed by atoms with Crippen LogP contribution in [0.4, 0.5) is 0 Å². The molecule has 4 heteroatoms. The van der Waals surface area contributed by atoms with E-state index in [0.717, 1.165) is 12.0 Å². The fourth-order valence-electron chi connectivity index (χ4n) is 2.61. The van der Waals surface area contributed by atoms with Crippen molar-refractivity contribution >= 4 is 11.8 Å². The van der Waals surface area contributed by atoms with Gasteiger partial charge in [0.2, 0.25) is 5.91 Å². The predicted octanol–water partition coefficient (Wildman–Crippen LogP) is 3.42. The van der Waals surface area contributed by atoms with Gasteiger partial charge in [0.15, 0.2) is 0 Å². The Kier molecular flexibility index (Phi) is 6.75. The van der Waals surface area contributed by atoms with Crippen LogP contribution in [0.5, 0.6) is 0 Å². The van der Waals surface area contributed by atoms with Gasteiger partial charge >= 0.3 is 0 Å². The summed E-state index contributed by atoms with van der Waals surface area (Å²) in [5.41, 5.74) is 3.00. The molecule has 0 aliphatic carbocycles. The number of hydrogen-bond donors (Lipinski definition) is 1. The van der Waals surface area contributed by atoms with Crippen molar-refractivity contribution in [3.63, 3.8) is 0 Å². The van der Waals surface area contributed by atoms with Crippen molar-refractivity contribution in [2.24, 2.45) is 0 Å². The highest BCUT2D eigenvalue weighted by Gasteiger charge is 2.16. The van der Waals surface area contributed by atoms with E-state index in [4.69, 9.17) is 0 Å². The lowest BCUT2D eigenvalue weighted by molar-refractivity contribution is -0.130. The molecule has 0 radical (unpaired) electrons. The summed E-state index contributed by atoms with van der Waals surface area (Å²) in [5, 5.41) is 2.87. The first-order valence-electron chi connectivity index (χ1n) is 8.67. The van der Waals surface area contributed by atoms with E-state index in [1.165, 1.54) is 5.56 Å². The number of hydrogen-bond acceptors (Lipinski definition) is 2. The van der Waals surface area contributed by atoms with Crippen LogP contribution >= 0.6 is 0 Å². The molecule has 0 saturated carbocycles. The van der Waals surface area contributed by atoms with Crippen LogP contribution in [0.25, 0.3) is 0 Å². The van der Waals surface area contributed by atoms with Gasteiger partial charge in [-0.25, -0.2) is 0 Å². The number of nitrogens with zero attached hydrogens (tertiary/aromatic N) is 1. The quantitative estimate of drug-likeness (QED) is 0.841. The van der Waals surface area contributed by atoms with Gasteiger partial charge < -0.3 is 10.2 Å². The lowest BCUT2D eigenvalue weighted by atomic mass is 10.1. The smallest absolute Gasteiger partial charge is 0.251 e. The van der Waals surface area contributed by atoms with Gasteiger partial charge in [-0.15, -0.1) is 0 Å². The molecule has 0 bridgehead atoms. The molecule has 0 aliphatic heterocycles. The number of carbonyl (C=O) groups excluding carboxylic acids is 2. The molecule has 2 amide bonds. The molecule has 0 spiro atoms. The molecule has 2 aromatic rings. The topological polar surface area (TPSA) is 49.4 Å². The highest BCUT2D eigenvalue weighted by atomic mass is 16.2. The van der Waals surface area contributed by atoms with Crippen LogP contribution in [0.1, 0.15) is 41.8 Å². The van der Waals surface area contributed by atoms with Crippen molar-refractivity contribution in [2.45, 2.75) is 39.3 Å². The van der Waals surface area contributed by atoms with Crippen molar-refractivity contribution in [3.8, 4) is 0 Å². The molecule has 25 heavy (non-hydrogen) atoms. The molecule has 2 rings (SSSR count). The molecule has 1 atom stereocenters. The number of nitrogens with one attached hydrogen (secondary N) is 1. The standard InChI is InChI=1S/C21H26N2O2/c1-4-17-10-12-18(13-11-17)15-23(3)20(24)14-16(2)22-21(25)19-8-6-5-7-9-19/h5-13,16H,4,14-15H2,1-3H3,(H,22,25). The minimum atomic E-state index is -0.217. The molecular weight excluding hydrogens is 312 g/mol. The van der Waals surface area contributed by atoms with Gasteiger partial charge in [-0.3, -0.25) is 9.59 Å². The maximum Gasteiger partial charge on any atom is 0.251 e. The fourth-order valence-corrected chi connectivity index (χ4v) is 2.61. The first kappa shape index (κ1) is 18.7. The average molecular weight is 338 g/mol. The van der Waals surface area contributed by atoms with Gasteiger partial charge in [-0.2, -0.15) is 0 Å². The summed E-state index contributed by atoms with van der Waals surface area (Å²) in [6.45, 7) is 4.54. The maximum absolute atomic E-state index is 12.4. The lowest BCUT2D eigenvalue weighted by Gasteiger charge is -2.20. The van der Waals surface area contributed by atoms with E-state index in [1.807, 2.05) is 25.1 Å². The normalized spacial score (nSPS) is 11.6. The van der Waals surface area contributed by atoms with Crippen LogP contribution in [0.15, 0.2) is 54.6 Å². The third-order valence-electron chi connectivity index (χ3n) is 4.17. The van der Waals surface area contributed by atoms with Gasteiger partial charge in [-0.1, -0.05) is 49.4 Å². The highest BCUT2D eigenvalue weighted by molar-refractivity contribution is 5.94. The molecule has 0 aliphatic rings. The fraction of sp³-hybridized carbons (Fsp3) is 0.333. The molecule has 0 fully saturated rings. The van der Waals surface area contributed by atoms with Crippen molar-refractivity contribution in [1.82, 2.24) is 10.2 Å². The second-order valence-electron chi connectivity index (χ2n) is 6.36. The molecule has 1 unspecified atom stereocenters. The zero-order valence-electron chi connectivity index (χ0n) is 15.2. The summed E-state index contributed by atoms with van der Waals surface area (Å²) < 4.78 is 0. The van der Waals surface area contributed by atoms with Crippen molar-refractivity contribution in [2.75, 3.05) is 7.05 Å². The number of rotatable bonds is 7. The van der Waals surface area contributed by atoms with Crippen LogP contribution < -0.4 is 5.32 Å². The van der Waals surface area contributed by atoms with E-state index < -0.39 is 0 Å². The van der Waals surface area contributed by atoms with Crippen LogP contribution in [-0.4, -0.2) is 29.8 Å².